The van der Waals surface area contributed by atoms with Gasteiger partial charge in [-0.2, -0.15) is 0 Å². The Morgan fingerprint density at radius 1 is 1.36 bits per heavy atom. The predicted molar refractivity (Wildman–Crippen MR) is 96.6 cm³/mol. The van der Waals surface area contributed by atoms with E-state index in [4.69, 9.17) is 4.74 Å². The van der Waals surface area contributed by atoms with E-state index in [0.717, 1.165) is 17.9 Å². The fourth-order valence-corrected chi connectivity index (χ4v) is 6.84. The standard InChI is InChI=1S/C19H24INO/c1-11-10-13-17-14(20)4-2-6-16(17)22-19(13)18-12(11)7-9-21-8-3-5-15(18)21/h2,6-7,9,11-15,18-19H,3-5,8,10H2,1H3. The van der Waals surface area contributed by atoms with E-state index in [2.05, 4.69) is 58.8 Å². The smallest absolute Gasteiger partial charge is 0.120 e. The lowest BCUT2D eigenvalue weighted by molar-refractivity contribution is -0.0414. The minimum atomic E-state index is 0.432. The Kier molecular flexibility index (Phi) is 3.18. The minimum Gasteiger partial charge on any atom is -0.489 e. The lowest BCUT2D eigenvalue weighted by atomic mass is 9.61. The molecule has 0 aromatic rings. The molecule has 0 radical (unpaired) electrons. The Bertz CT molecular complexity index is 580. The molecule has 0 aromatic heterocycles. The number of nitrogens with zero attached hydrogens (tertiary/aromatic N) is 1. The molecule has 2 fully saturated rings. The van der Waals surface area contributed by atoms with Crippen molar-refractivity contribution in [1.82, 2.24) is 4.90 Å². The summed E-state index contributed by atoms with van der Waals surface area (Å²) in [4.78, 5) is 2.61. The van der Waals surface area contributed by atoms with Crippen molar-refractivity contribution in [2.75, 3.05) is 6.54 Å². The van der Waals surface area contributed by atoms with E-state index in [-0.39, 0.29) is 0 Å². The molecular weight excluding hydrogens is 385 g/mol. The minimum absolute atomic E-state index is 0.432. The van der Waals surface area contributed by atoms with Crippen LogP contribution in [0.5, 0.6) is 0 Å². The molecule has 1 saturated carbocycles. The van der Waals surface area contributed by atoms with Gasteiger partial charge in [0.15, 0.2) is 0 Å². The number of alkyl halides is 1. The van der Waals surface area contributed by atoms with E-state index in [1.54, 1.807) is 5.57 Å². The molecule has 1 saturated heterocycles. The summed E-state index contributed by atoms with van der Waals surface area (Å²) in [6, 6.07) is 0.725. The molecule has 3 aliphatic heterocycles. The summed E-state index contributed by atoms with van der Waals surface area (Å²) in [6.07, 6.45) is 15.1. The topological polar surface area (TPSA) is 12.5 Å². The highest BCUT2D eigenvalue weighted by atomic mass is 127. The Balaban J connectivity index is 1.54. The van der Waals surface area contributed by atoms with Gasteiger partial charge in [0.05, 0.1) is 0 Å². The Morgan fingerprint density at radius 3 is 3.18 bits per heavy atom. The van der Waals surface area contributed by atoms with E-state index in [1.807, 2.05) is 0 Å². The summed E-state index contributed by atoms with van der Waals surface area (Å²) >= 11 is 2.64. The van der Waals surface area contributed by atoms with Gasteiger partial charge in [0.1, 0.15) is 11.9 Å². The van der Waals surface area contributed by atoms with E-state index in [0.29, 0.717) is 21.9 Å². The third kappa shape index (κ3) is 1.83. The van der Waals surface area contributed by atoms with Crippen molar-refractivity contribution < 1.29 is 4.74 Å². The third-order valence-electron chi connectivity index (χ3n) is 6.69. The molecule has 5 aliphatic rings. The van der Waals surface area contributed by atoms with Crippen molar-refractivity contribution in [1.29, 1.82) is 0 Å². The number of hydrogen-bond acceptors (Lipinski definition) is 2. The highest BCUT2D eigenvalue weighted by molar-refractivity contribution is 14.1. The van der Waals surface area contributed by atoms with E-state index in [1.165, 1.54) is 38.0 Å². The molecule has 0 N–H and O–H groups in total. The fourth-order valence-electron chi connectivity index (χ4n) is 5.78. The SMILES string of the molecule is CC1CC2C3=C(C=CCC3I)OC2C2C1C=CN1CCCC21. The number of halogens is 1. The lowest BCUT2D eigenvalue weighted by Crippen LogP contribution is -2.52. The molecule has 118 valence electrons. The Labute approximate surface area is 146 Å². The summed E-state index contributed by atoms with van der Waals surface area (Å²) in [5.41, 5.74) is 1.64. The second-order valence-electron chi connectivity index (χ2n) is 7.77. The van der Waals surface area contributed by atoms with Crippen molar-refractivity contribution in [3.8, 4) is 0 Å². The van der Waals surface area contributed by atoms with Crippen LogP contribution in [0.1, 0.15) is 32.6 Å². The van der Waals surface area contributed by atoms with Crippen LogP contribution in [0.15, 0.2) is 35.8 Å². The largest absolute Gasteiger partial charge is 0.489 e. The van der Waals surface area contributed by atoms with E-state index < -0.39 is 0 Å². The maximum atomic E-state index is 6.59. The van der Waals surface area contributed by atoms with Crippen molar-refractivity contribution in [3.05, 3.63) is 35.8 Å². The molecule has 3 heterocycles. The van der Waals surface area contributed by atoms with Gasteiger partial charge < -0.3 is 9.64 Å². The molecule has 0 bridgehead atoms. The summed E-state index contributed by atoms with van der Waals surface area (Å²) in [5, 5.41) is 0. The van der Waals surface area contributed by atoms with Crippen molar-refractivity contribution >= 4 is 22.6 Å². The quantitative estimate of drug-likeness (QED) is 0.438. The summed E-state index contributed by atoms with van der Waals surface area (Å²) in [6.45, 7) is 3.72. The van der Waals surface area contributed by atoms with Gasteiger partial charge in [-0.05, 0) is 55.4 Å². The highest BCUT2D eigenvalue weighted by Gasteiger charge is 2.54. The second kappa shape index (κ2) is 5.02. The molecule has 2 aliphatic carbocycles. The first kappa shape index (κ1) is 13.9. The van der Waals surface area contributed by atoms with Crippen LogP contribution in [0.3, 0.4) is 0 Å². The number of hydrogen-bond donors (Lipinski definition) is 0. The average molecular weight is 409 g/mol. The molecule has 0 spiro atoms. The van der Waals surface area contributed by atoms with Gasteiger partial charge in [0.2, 0.25) is 0 Å². The summed E-state index contributed by atoms with van der Waals surface area (Å²) < 4.78 is 7.24. The third-order valence-corrected chi connectivity index (χ3v) is 7.87. The van der Waals surface area contributed by atoms with Gasteiger partial charge in [-0.25, -0.2) is 0 Å². The first-order chi connectivity index (χ1) is 10.7. The lowest BCUT2D eigenvalue weighted by Gasteiger charge is -2.49. The monoisotopic (exact) mass is 409 g/mol. The number of fused-ring (bicyclic) bond motifs is 6. The van der Waals surface area contributed by atoms with Gasteiger partial charge >= 0.3 is 0 Å². The van der Waals surface area contributed by atoms with E-state index in [9.17, 15) is 0 Å². The van der Waals surface area contributed by atoms with Gasteiger partial charge in [0, 0.05) is 28.3 Å². The zero-order valence-electron chi connectivity index (χ0n) is 13.1. The predicted octanol–water partition coefficient (Wildman–Crippen LogP) is 4.28. The summed E-state index contributed by atoms with van der Waals surface area (Å²) in [7, 11) is 0. The van der Waals surface area contributed by atoms with E-state index >= 15 is 0 Å². The van der Waals surface area contributed by atoms with Crippen molar-refractivity contribution in [2.24, 2.45) is 23.7 Å². The van der Waals surface area contributed by atoms with Crippen LogP contribution < -0.4 is 0 Å². The molecule has 5 rings (SSSR count). The molecule has 7 unspecified atom stereocenters. The molecule has 22 heavy (non-hydrogen) atoms. The number of ether oxygens (including phenoxy) is 1. The van der Waals surface area contributed by atoms with Crippen molar-refractivity contribution in [2.45, 2.75) is 48.7 Å². The number of allylic oxidation sites excluding steroid dienone is 3. The average Bonchev–Trinajstić information content (AvgIpc) is 3.11. The maximum absolute atomic E-state index is 6.59. The Hall–Kier alpha value is -0.450. The van der Waals surface area contributed by atoms with Gasteiger partial charge in [-0.15, -0.1) is 0 Å². The molecule has 7 atom stereocenters. The van der Waals surface area contributed by atoms with Gasteiger partial charge in [-0.1, -0.05) is 41.7 Å². The summed E-state index contributed by atoms with van der Waals surface area (Å²) in [5.74, 6) is 4.11. The number of rotatable bonds is 0. The van der Waals surface area contributed by atoms with Crippen LogP contribution >= 0.6 is 22.6 Å². The van der Waals surface area contributed by atoms with Crippen LogP contribution in [0.25, 0.3) is 0 Å². The van der Waals surface area contributed by atoms with Crippen LogP contribution in [-0.2, 0) is 4.74 Å². The van der Waals surface area contributed by atoms with Gasteiger partial charge in [-0.3, -0.25) is 0 Å². The highest BCUT2D eigenvalue weighted by Crippen LogP contribution is 2.55. The molecule has 3 heteroatoms. The molecule has 0 aromatic carbocycles. The zero-order valence-corrected chi connectivity index (χ0v) is 15.3. The fraction of sp³-hybridized carbons (Fsp3) is 0.684. The zero-order chi connectivity index (χ0) is 14.8. The normalized spacial score (nSPS) is 48.6. The first-order valence-corrected chi connectivity index (χ1v) is 10.1. The molecular formula is C19H24INO. The first-order valence-electron chi connectivity index (χ1n) is 8.89. The molecule has 0 amide bonds. The van der Waals surface area contributed by atoms with Crippen LogP contribution in [0.4, 0.5) is 0 Å². The van der Waals surface area contributed by atoms with Crippen molar-refractivity contribution in [3.63, 3.8) is 0 Å². The second-order valence-corrected chi connectivity index (χ2v) is 9.27. The molecule has 2 nitrogen and oxygen atoms in total. The van der Waals surface area contributed by atoms with Crippen LogP contribution in [-0.4, -0.2) is 27.5 Å². The maximum Gasteiger partial charge on any atom is 0.120 e. The van der Waals surface area contributed by atoms with Gasteiger partial charge in [0.25, 0.3) is 0 Å². The van der Waals surface area contributed by atoms with Crippen LogP contribution in [0.2, 0.25) is 0 Å². The van der Waals surface area contributed by atoms with Crippen LogP contribution in [0, 0.1) is 23.7 Å². The Morgan fingerprint density at radius 2 is 2.27 bits per heavy atom.